The lowest BCUT2D eigenvalue weighted by molar-refractivity contribution is 0.101. The van der Waals surface area contributed by atoms with E-state index in [4.69, 9.17) is 16.3 Å². The fraction of sp³-hybridized carbons (Fsp3) is 0.400. The Hall–Kier alpha value is -0.280. The standard InChI is InChI=1S/C10H12ClNO.ClH/c1-7-6-13-10(12-7)8-2-4-9(11)5-3-8;/h2-5,7,10,12H,6H2,1H3;1H. The van der Waals surface area contributed by atoms with Gasteiger partial charge in [-0.15, -0.1) is 12.4 Å². The highest BCUT2D eigenvalue weighted by atomic mass is 35.5. The highest BCUT2D eigenvalue weighted by Gasteiger charge is 2.21. The van der Waals surface area contributed by atoms with E-state index in [9.17, 15) is 0 Å². The van der Waals surface area contributed by atoms with E-state index in [2.05, 4.69) is 12.2 Å². The van der Waals surface area contributed by atoms with Crippen LogP contribution in [0, 0.1) is 0 Å². The molecule has 1 saturated heterocycles. The maximum Gasteiger partial charge on any atom is 0.134 e. The molecule has 2 unspecified atom stereocenters. The van der Waals surface area contributed by atoms with Crippen molar-refractivity contribution < 1.29 is 4.74 Å². The summed E-state index contributed by atoms with van der Waals surface area (Å²) in [6.07, 6.45) is 0.0345. The van der Waals surface area contributed by atoms with Gasteiger partial charge in [0.2, 0.25) is 0 Å². The number of hydrogen-bond acceptors (Lipinski definition) is 2. The van der Waals surface area contributed by atoms with Crippen LogP contribution in [0.4, 0.5) is 0 Å². The van der Waals surface area contributed by atoms with E-state index < -0.39 is 0 Å². The lowest BCUT2D eigenvalue weighted by Crippen LogP contribution is -2.22. The molecule has 0 amide bonds. The average molecular weight is 234 g/mol. The highest BCUT2D eigenvalue weighted by molar-refractivity contribution is 6.30. The van der Waals surface area contributed by atoms with Gasteiger partial charge < -0.3 is 4.74 Å². The predicted octanol–water partition coefficient (Wildman–Crippen LogP) is 2.77. The van der Waals surface area contributed by atoms with Crippen molar-refractivity contribution in [2.45, 2.75) is 19.2 Å². The Labute approximate surface area is 95.0 Å². The molecule has 1 aromatic carbocycles. The molecule has 0 saturated carbocycles. The largest absolute Gasteiger partial charge is 0.357 e. The van der Waals surface area contributed by atoms with Crippen LogP contribution in [0.3, 0.4) is 0 Å². The van der Waals surface area contributed by atoms with E-state index in [1.807, 2.05) is 24.3 Å². The first kappa shape index (κ1) is 11.8. The van der Waals surface area contributed by atoms with E-state index >= 15 is 0 Å². The van der Waals surface area contributed by atoms with Crippen molar-refractivity contribution in [2.24, 2.45) is 0 Å². The van der Waals surface area contributed by atoms with Gasteiger partial charge in [0.15, 0.2) is 0 Å². The maximum atomic E-state index is 5.79. The molecular weight excluding hydrogens is 221 g/mol. The third-order valence-electron chi connectivity index (χ3n) is 2.12. The van der Waals surface area contributed by atoms with Crippen LogP contribution in [0.1, 0.15) is 18.7 Å². The molecule has 0 radical (unpaired) electrons. The van der Waals surface area contributed by atoms with E-state index in [0.717, 1.165) is 17.2 Å². The van der Waals surface area contributed by atoms with Crippen molar-refractivity contribution >= 4 is 24.0 Å². The van der Waals surface area contributed by atoms with E-state index in [0.29, 0.717) is 6.04 Å². The number of benzene rings is 1. The maximum absolute atomic E-state index is 5.79. The van der Waals surface area contributed by atoms with Gasteiger partial charge in [0.05, 0.1) is 6.61 Å². The monoisotopic (exact) mass is 233 g/mol. The second-order valence-corrected chi connectivity index (χ2v) is 3.77. The van der Waals surface area contributed by atoms with Crippen LogP contribution in [0.15, 0.2) is 24.3 Å². The van der Waals surface area contributed by atoms with Crippen LogP contribution in [0.5, 0.6) is 0 Å². The molecule has 78 valence electrons. The minimum Gasteiger partial charge on any atom is -0.357 e. The summed E-state index contributed by atoms with van der Waals surface area (Å²) in [6.45, 7) is 2.88. The van der Waals surface area contributed by atoms with Crippen LogP contribution in [-0.4, -0.2) is 12.6 Å². The second-order valence-electron chi connectivity index (χ2n) is 3.33. The molecule has 1 aliphatic heterocycles. The molecule has 1 heterocycles. The SMILES string of the molecule is CC1COC(c2ccc(Cl)cc2)N1.Cl. The Bertz CT molecular complexity index is 289. The van der Waals surface area contributed by atoms with Crippen molar-refractivity contribution in [1.29, 1.82) is 0 Å². The summed E-state index contributed by atoms with van der Waals surface area (Å²) in [5.74, 6) is 0. The van der Waals surface area contributed by atoms with Gasteiger partial charge >= 0.3 is 0 Å². The number of rotatable bonds is 1. The zero-order valence-corrected chi connectivity index (χ0v) is 9.44. The van der Waals surface area contributed by atoms with Gasteiger partial charge in [-0.05, 0) is 24.6 Å². The topological polar surface area (TPSA) is 21.3 Å². The zero-order chi connectivity index (χ0) is 9.26. The first-order chi connectivity index (χ1) is 6.25. The summed E-state index contributed by atoms with van der Waals surface area (Å²) < 4.78 is 5.54. The van der Waals surface area contributed by atoms with Gasteiger partial charge in [-0.2, -0.15) is 0 Å². The van der Waals surface area contributed by atoms with Gasteiger partial charge in [-0.3, -0.25) is 5.32 Å². The normalized spacial score (nSPS) is 25.9. The van der Waals surface area contributed by atoms with Gasteiger partial charge in [0.25, 0.3) is 0 Å². The summed E-state index contributed by atoms with van der Waals surface area (Å²) >= 11 is 5.79. The minimum absolute atomic E-state index is 0. The van der Waals surface area contributed by atoms with E-state index in [1.165, 1.54) is 0 Å². The Morgan fingerprint density at radius 3 is 2.50 bits per heavy atom. The third kappa shape index (κ3) is 2.61. The molecule has 0 spiro atoms. The van der Waals surface area contributed by atoms with Crippen LogP contribution < -0.4 is 5.32 Å². The van der Waals surface area contributed by atoms with Crippen molar-refractivity contribution in [3.05, 3.63) is 34.9 Å². The molecule has 1 fully saturated rings. The van der Waals surface area contributed by atoms with Crippen LogP contribution >= 0.6 is 24.0 Å². The molecule has 1 aliphatic rings. The van der Waals surface area contributed by atoms with Gasteiger partial charge in [-0.1, -0.05) is 23.7 Å². The summed E-state index contributed by atoms with van der Waals surface area (Å²) in [7, 11) is 0. The summed E-state index contributed by atoms with van der Waals surface area (Å²) in [5, 5.41) is 4.08. The van der Waals surface area contributed by atoms with E-state index in [-0.39, 0.29) is 18.6 Å². The first-order valence-electron chi connectivity index (χ1n) is 4.39. The summed E-state index contributed by atoms with van der Waals surface area (Å²) in [6, 6.07) is 8.16. The van der Waals surface area contributed by atoms with Crippen molar-refractivity contribution in [3.8, 4) is 0 Å². The van der Waals surface area contributed by atoms with Crippen LogP contribution in [0.25, 0.3) is 0 Å². The Kier molecular flexibility index (Phi) is 4.20. The number of nitrogens with one attached hydrogen (secondary N) is 1. The molecule has 14 heavy (non-hydrogen) atoms. The lowest BCUT2D eigenvalue weighted by atomic mass is 10.2. The second kappa shape index (κ2) is 4.99. The number of halogens is 2. The third-order valence-corrected chi connectivity index (χ3v) is 2.37. The quantitative estimate of drug-likeness (QED) is 0.806. The molecule has 4 heteroatoms. The Morgan fingerprint density at radius 1 is 1.36 bits per heavy atom. The van der Waals surface area contributed by atoms with Crippen molar-refractivity contribution in [2.75, 3.05) is 6.61 Å². The lowest BCUT2D eigenvalue weighted by Gasteiger charge is -2.10. The Balaban J connectivity index is 0.000000980. The highest BCUT2D eigenvalue weighted by Crippen LogP contribution is 2.21. The fourth-order valence-corrected chi connectivity index (χ4v) is 1.55. The fourth-order valence-electron chi connectivity index (χ4n) is 1.43. The molecule has 0 aromatic heterocycles. The molecular formula is C10H13Cl2NO. The van der Waals surface area contributed by atoms with Gasteiger partial charge in [-0.25, -0.2) is 0 Å². The molecule has 1 aromatic rings. The molecule has 1 N–H and O–H groups in total. The van der Waals surface area contributed by atoms with Gasteiger partial charge in [0, 0.05) is 11.1 Å². The van der Waals surface area contributed by atoms with Crippen molar-refractivity contribution in [3.63, 3.8) is 0 Å². The average Bonchev–Trinajstić information content (AvgIpc) is 2.53. The summed E-state index contributed by atoms with van der Waals surface area (Å²) in [5.41, 5.74) is 1.13. The molecule has 0 bridgehead atoms. The summed E-state index contributed by atoms with van der Waals surface area (Å²) in [4.78, 5) is 0. The zero-order valence-electron chi connectivity index (χ0n) is 7.87. The molecule has 2 nitrogen and oxygen atoms in total. The molecule has 0 aliphatic carbocycles. The first-order valence-corrected chi connectivity index (χ1v) is 4.76. The number of ether oxygens (including phenoxy) is 1. The van der Waals surface area contributed by atoms with Crippen molar-refractivity contribution in [1.82, 2.24) is 5.32 Å². The number of hydrogen-bond donors (Lipinski definition) is 1. The van der Waals surface area contributed by atoms with Crippen LogP contribution in [-0.2, 0) is 4.74 Å². The van der Waals surface area contributed by atoms with E-state index in [1.54, 1.807) is 0 Å². The molecule has 2 rings (SSSR count). The molecule has 2 atom stereocenters. The Morgan fingerprint density at radius 2 is 2.00 bits per heavy atom. The smallest absolute Gasteiger partial charge is 0.134 e. The van der Waals surface area contributed by atoms with Gasteiger partial charge in [0.1, 0.15) is 6.23 Å². The predicted molar refractivity (Wildman–Crippen MR) is 60.0 cm³/mol. The van der Waals surface area contributed by atoms with Crippen LogP contribution in [0.2, 0.25) is 5.02 Å². The minimum atomic E-state index is 0.